The number of rotatable bonds is 7. The number of hydrogen-bond acceptors (Lipinski definition) is 5. The van der Waals surface area contributed by atoms with Crippen LogP contribution in [0.4, 0.5) is 17.1 Å². The third-order valence-corrected chi connectivity index (χ3v) is 10.8. The molecule has 0 amide bonds. The first kappa shape index (κ1) is 33.4. The van der Waals surface area contributed by atoms with E-state index in [0.717, 1.165) is 33.6 Å². The number of benzene rings is 5. The zero-order valence-corrected chi connectivity index (χ0v) is 29.9. The summed E-state index contributed by atoms with van der Waals surface area (Å²) in [7, 11) is -0.835. The summed E-state index contributed by atoms with van der Waals surface area (Å²) in [6.07, 6.45) is 0. The molecule has 0 spiro atoms. The Morgan fingerprint density at radius 2 is 0.612 bits per heavy atom. The van der Waals surface area contributed by atoms with Gasteiger partial charge in [0.2, 0.25) is 0 Å². The SMILES string of the molecule is CC1(C)OB(c2ccc(N(c3ccc(B4OC(C)(C)C(C)(C)O4)cc3)c3ccc(-c4ccc(-c5ccccc5)cc4)cc3)cc2)OC1(C)C. The minimum absolute atomic E-state index is 0.398. The molecule has 2 aliphatic rings. The van der Waals surface area contributed by atoms with E-state index in [-0.39, 0.29) is 0 Å². The Bertz CT molecular complexity index is 1790. The van der Waals surface area contributed by atoms with Crippen LogP contribution in [0.5, 0.6) is 0 Å². The van der Waals surface area contributed by atoms with Crippen LogP contribution in [0.2, 0.25) is 0 Å². The van der Waals surface area contributed by atoms with Gasteiger partial charge in [0.15, 0.2) is 0 Å². The average molecular weight is 649 g/mol. The molecular formula is C42H45B2NO4. The topological polar surface area (TPSA) is 40.2 Å². The van der Waals surface area contributed by atoms with Crippen molar-refractivity contribution >= 4 is 42.2 Å². The van der Waals surface area contributed by atoms with Crippen LogP contribution in [0.25, 0.3) is 22.3 Å². The third-order valence-electron chi connectivity index (χ3n) is 10.8. The predicted molar refractivity (Wildman–Crippen MR) is 203 cm³/mol. The molecule has 0 bridgehead atoms. The van der Waals surface area contributed by atoms with E-state index in [1.807, 2.05) is 6.07 Å². The van der Waals surface area contributed by atoms with Gasteiger partial charge >= 0.3 is 14.2 Å². The van der Waals surface area contributed by atoms with Gasteiger partial charge in [0.1, 0.15) is 0 Å². The summed E-state index contributed by atoms with van der Waals surface area (Å²) in [4.78, 5) is 2.27. The van der Waals surface area contributed by atoms with Gasteiger partial charge in [-0.25, -0.2) is 0 Å². The minimum atomic E-state index is -0.417. The van der Waals surface area contributed by atoms with Crippen molar-refractivity contribution in [1.29, 1.82) is 0 Å². The summed E-state index contributed by atoms with van der Waals surface area (Å²) in [6.45, 7) is 16.6. The minimum Gasteiger partial charge on any atom is -0.399 e. The zero-order valence-electron chi connectivity index (χ0n) is 29.9. The lowest BCUT2D eigenvalue weighted by Gasteiger charge is -2.32. The molecule has 0 radical (unpaired) electrons. The lowest BCUT2D eigenvalue weighted by Crippen LogP contribution is -2.41. The van der Waals surface area contributed by atoms with Gasteiger partial charge in [-0.15, -0.1) is 0 Å². The highest BCUT2D eigenvalue weighted by Crippen LogP contribution is 2.39. The van der Waals surface area contributed by atoms with Gasteiger partial charge in [0, 0.05) is 17.1 Å². The Morgan fingerprint density at radius 3 is 0.939 bits per heavy atom. The summed E-state index contributed by atoms with van der Waals surface area (Å²) in [6, 6.07) is 45.0. The standard InChI is InChI=1S/C42H45B2NO4/c1-39(2)40(3,4)47-43(46-39)34-20-26-37(27-21-34)45(38-28-22-35(23-29-38)44-48-41(5,6)42(7,8)49-44)36-24-18-33(19-25-36)32-16-14-31(15-17-32)30-12-10-9-11-13-30/h9-29H,1-8H3. The van der Waals surface area contributed by atoms with E-state index < -0.39 is 36.6 Å². The molecule has 248 valence electrons. The Labute approximate surface area is 292 Å². The van der Waals surface area contributed by atoms with E-state index in [2.05, 4.69) is 182 Å². The molecule has 2 saturated heterocycles. The van der Waals surface area contributed by atoms with Crippen LogP contribution in [-0.2, 0) is 18.6 Å². The molecule has 0 aliphatic carbocycles. The molecule has 2 aliphatic heterocycles. The van der Waals surface area contributed by atoms with E-state index in [1.165, 1.54) is 16.7 Å². The van der Waals surface area contributed by atoms with Crippen LogP contribution in [0.3, 0.4) is 0 Å². The van der Waals surface area contributed by atoms with Gasteiger partial charge < -0.3 is 23.5 Å². The second kappa shape index (κ2) is 12.3. The summed E-state index contributed by atoms with van der Waals surface area (Å²) in [5, 5.41) is 0. The van der Waals surface area contributed by atoms with Gasteiger partial charge in [0.05, 0.1) is 22.4 Å². The molecule has 5 nitrogen and oxygen atoms in total. The number of anilines is 3. The Balaban J connectivity index is 1.19. The maximum atomic E-state index is 6.34. The summed E-state index contributed by atoms with van der Waals surface area (Å²) >= 11 is 0. The van der Waals surface area contributed by atoms with Gasteiger partial charge in [-0.3, -0.25) is 0 Å². The predicted octanol–water partition coefficient (Wildman–Crippen LogP) is 9.09. The van der Waals surface area contributed by atoms with Crippen molar-refractivity contribution in [3.05, 3.63) is 127 Å². The van der Waals surface area contributed by atoms with Crippen LogP contribution in [0.15, 0.2) is 127 Å². The highest BCUT2D eigenvalue weighted by atomic mass is 16.7. The molecule has 0 aromatic heterocycles. The molecule has 5 aromatic carbocycles. The van der Waals surface area contributed by atoms with E-state index in [0.29, 0.717) is 0 Å². The van der Waals surface area contributed by atoms with Crippen LogP contribution < -0.4 is 15.8 Å². The normalized spacial score (nSPS) is 18.9. The van der Waals surface area contributed by atoms with Gasteiger partial charge in [0.25, 0.3) is 0 Å². The summed E-state index contributed by atoms with van der Waals surface area (Å²) in [5.41, 5.74) is 8.27. The highest BCUT2D eigenvalue weighted by molar-refractivity contribution is 6.62. The quantitative estimate of drug-likeness (QED) is 0.165. The van der Waals surface area contributed by atoms with Gasteiger partial charge in [-0.05, 0) is 125 Å². The van der Waals surface area contributed by atoms with E-state index >= 15 is 0 Å². The Morgan fingerprint density at radius 1 is 0.347 bits per heavy atom. The number of hydrogen-bond donors (Lipinski definition) is 0. The molecule has 0 atom stereocenters. The Kier molecular flexibility index (Phi) is 8.40. The molecule has 0 unspecified atom stereocenters. The van der Waals surface area contributed by atoms with Crippen LogP contribution in [-0.4, -0.2) is 36.6 Å². The second-order valence-corrected chi connectivity index (χ2v) is 15.2. The molecule has 7 rings (SSSR count). The van der Waals surface area contributed by atoms with Crippen molar-refractivity contribution in [2.24, 2.45) is 0 Å². The molecule has 2 fully saturated rings. The molecule has 0 N–H and O–H groups in total. The van der Waals surface area contributed by atoms with Crippen molar-refractivity contribution in [2.75, 3.05) is 4.90 Å². The van der Waals surface area contributed by atoms with Crippen molar-refractivity contribution in [2.45, 2.75) is 77.8 Å². The second-order valence-electron chi connectivity index (χ2n) is 15.2. The van der Waals surface area contributed by atoms with Crippen LogP contribution >= 0.6 is 0 Å². The zero-order chi connectivity index (χ0) is 34.6. The molecule has 2 heterocycles. The molecule has 7 heteroatoms. The van der Waals surface area contributed by atoms with Gasteiger partial charge in [-0.1, -0.05) is 91.0 Å². The van der Waals surface area contributed by atoms with Crippen molar-refractivity contribution in [3.8, 4) is 22.3 Å². The first-order valence-electron chi connectivity index (χ1n) is 17.2. The van der Waals surface area contributed by atoms with E-state index in [9.17, 15) is 0 Å². The monoisotopic (exact) mass is 649 g/mol. The lowest BCUT2D eigenvalue weighted by atomic mass is 9.79. The molecule has 5 aromatic rings. The number of nitrogens with zero attached hydrogens (tertiary/aromatic N) is 1. The molecular weight excluding hydrogens is 604 g/mol. The molecule has 0 saturated carbocycles. The third kappa shape index (κ3) is 6.37. The van der Waals surface area contributed by atoms with Crippen molar-refractivity contribution in [3.63, 3.8) is 0 Å². The average Bonchev–Trinajstić information content (AvgIpc) is 3.45. The maximum Gasteiger partial charge on any atom is 0.494 e. The fraction of sp³-hybridized carbons (Fsp3) is 0.286. The highest BCUT2D eigenvalue weighted by Gasteiger charge is 2.52. The summed E-state index contributed by atoms with van der Waals surface area (Å²) < 4.78 is 25.4. The molecule has 49 heavy (non-hydrogen) atoms. The van der Waals surface area contributed by atoms with Crippen LogP contribution in [0.1, 0.15) is 55.4 Å². The fourth-order valence-electron chi connectivity index (χ4n) is 6.26. The smallest absolute Gasteiger partial charge is 0.399 e. The van der Waals surface area contributed by atoms with Crippen molar-refractivity contribution < 1.29 is 18.6 Å². The van der Waals surface area contributed by atoms with E-state index in [4.69, 9.17) is 18.6 Å². The van der Waals surface area contributed by atoms with Gasteiger partial charge in [-0.2, -0.15) is 0 Å². The lowest BCUT2D eigenvalue weighted by molar-refractivity contribution is 0.00578. The van der Waals surface area contributed by atoms with Crippen LogP contribution in [0, 0.1) is 0 Å². The fourth-order valence-corrected chi connectivity index (χ4v) is 6.26. The van der Waals surface area contributed by atoms with E-state index in [1.54, 1.807) is 0 Å². The summed E-state index contributed by atoms with van der Waals surface area (Å²) in [5.74, 6) is 0. The van der Waals surface area contributed by atoms with Crippen molar-refractivity contribution in [1.82, 2.24) is 0 Å². The first-order chi connectivity index (χ1) is 23.2. The largest absolute Gasteiger partial charge is 0.494 e. The maximum absolute atomic E-state index is 6.34. The first-order valence-corrected chi connectivity index (χ1v) is 17.2. The Hall–Kier alpha value is -4.13.